The summed E-state index contributed by atoms with van der Waals surface area (Å²) < 4.78 is 20.2. The van der Waals surface area contributed by atoms with Crippen molar-refractivity contribution in [2.75, 3.05) is 7.11 Å². The fraction of sp³-hybridized carbons (Fsp3) is 0.364. The van der Waals surface area contributed by atoms with Gasteiger partial charge in [-0.3, -0.25) is 14.2 Å². The van der Waals surface area contributed by atoms with E-state index >= 15 is 0 Å². The summed E-state index contributed by atoms with van der Waals surface area (Å²) in [5.74, 6) is 0.123. The van der Waals surface area contributed by atoms with Crippen molar-refractivity contribution in [3.63, 3.8) is 0 Å². The van der Waals surface area contributed by atoms with Gasteiger partial charge in [-0.05, 0) is 31.0 Å². The second kappa shape index (κ2) is 6.11. The molecule has 100 valence electrons. The molecular formula is C11H16NO5P. The van der Waals surface area contributed by atoms with Crippen molar-refractivity contribution in [1.82, 2.24) is 0 Å². The highest BCUT2D eigenvalue weighted by molar-refractivity contribution is 7.47. The Morgan fingerprint density at radius 2 is 2.00 bits per heavy atom. The summed E-state index contributed by atoms with van der Waals surface area (Å²) in [5.41, 5.74) is 6.47. The molecule has 0 bridgehead atoms. The van der Waals surface area contributed by atoms with E-state index < -0.39 is 13.9 Å². The fourth-order valence-electron chi connectivity index (χ4n) is 1.25. The van der Waals surface area contributed by atoms with Crippen LogP contribution < -0.4 is 10.3 Å². The van der Waals surface area contributed by atoms with E-state index in [1.165, 1.54) is 19.1 Å². The van der Waals surface area contributed by atoms with E-state index in [0.29, 0.717) is 6.42 Å². The number of Topliss-reactive ketones (excluding diaryl/α,β-unsaturated/α-hetero) is 1. The van der Waals surface area contributed by atoms with Crippen molar-refractivity contribution in [1.29, 1.82) is 0 Å². The van der Waals surface area contributed by atoms with Crippen LogP contribution in [0.25, 0.3) is 0 Å². The Kier molecular flexibility index (Phi) is 5.04. The number of hydrogen-bond donors (Lipinski definition) is 2. The van der Waals surface area contributed by atoms with E-state index in [1.807, 2.05) is 0 Å². The van der Waals surface area contributed by atoms with Crippen LogP contribution in [0.4, 0.5) is 0 Å². The summed E-state index contributed by atoms with van der Waals surface area (Å²) in [5, 5.41) is 0. The zero-order chi connectivity index (χ0) is 13.8. The highest BCUT2D eigenvalue weighted by atomic mass is 31.2. The molecule has 1 aromatic rings. The van der Waals surface area contributed by atoms with Crippen LogP contribution in [0, 0.1) is 0 Å². The largest absolute Gasteiger partial charge is 0.527 e. The highest BCUT2D eigenvalue weighted by Crippen LogP contribution is 2.42. The lowest BCUT2D eigenvalue weighted by molar-refractivity contribution is -0.118. The van der Waals surface area contributed by atoms with Crippen molar-refractivity contribution in [2.45, 2.75) is 19.4 Å². The summed E-state index contributed by atoms with van der Waals surface area (Å²) in [7, 11) is -2.95. The van der Waals surface area contributed by atoms with Gasteiger partial charge in [-0.15, -0.1) is 0 Å². The standard InChI is InChI=1S/C11H16NO5P/c1-8(13)11(12)7-9-3-5-10(6-4-9)17-18(14,15)16-2/h3-6,11H,7,12H2,1-2H3,(H,14,15)/t11-/m0/s1. The first-order valence-corrected chi connectivity index (χ1v) is 6.76. The molecule has 0 fully saturated rings. The molecule has 0 spiro atoms. The van der Waals surface area contributed by atoms with Gasteiger partial charge in [0.05, 0.1) is 6.04 Å². The first-order valence-electron chi connectivity index (χ1n) is 5.27. The molecule has 0 aromatic heterocycles. The molecule has 0 saturated carbocycles. The maximum atomic E-state index is 11.2. The van der Waals surface area contributed by atoms with Crippen LogP contribution in [0.3, 0.4) is 0 Å². The quantitative estimate of drug-likeness (QED) is 0.757. The SMILES string of the molecule is COP(=O)(O)Oc1ccc(C[C@H](N)C(C)=O)cc1. The van der Waals surface area contributed by atoms with Crippen molar-refractivity contribution in [3.8, 4) is 5.75 Å². The normalized spacial score (nSPS) is 15.8. The first kappa shape index (κ1) is 14.9. The maximum absolute atomic E-state index is 11.2. The van der Waals surface area contributed by atoms with Crippen LogP contribution in [0.1, 0.15) is 12.5 Å². The molecule has 1 rings (SSSR count). The van der Waals surface area contributed by atoms with E-state index in [2.05, 4.69) is 4.52 Å². The van der Waals surface area contributed by atoms with Gasteiger partial charge >= 0.3 is 7.82 Å². The van der Waals surface area contributed by atoms with Crippen molar-refractivity contribution >= 4 is 13.6 Å². The molecule has 18 heavy (non-hydrogen) atoms. The van der Waals surface area contributed by atoms with E-state index in [1.54, 1.807) is 12.1 Å². The third-order valence-electron chi connectivity index (χ3n) is 2.35. The van der Waals surface area contributed by atoms with Gasteiger partial charge in [-0.2, -0.15) is 0 Å². The predicted molar refractivity (Wildman–Crippen MR) is 66.3 cm³/mol. The van der Waals surface area contributed by atoms with Gasteiger partial charge in [0.15, 0.2) is 0 Å². The smallest absolute Gasteiger partial charge is 0.404 e. The Labute approximate surface area is 105 Å². The molecule has 2 atom stereocenters. The van der Waals surface area contributed by atoms with E-state index in [-0.39, 0.29) is 11.5 Å². The number of carbonyl (C=O) groups excluding carboxylic acids is 1. The molecule has 7 heteroatoms. The minimum Gasteiger partial charge on any atom is -0.404 e. The van der Waals surface area contributed by atoms with Crippen molar-refractivity contribution in [2.24, 2.45) is 5.73 Å². The highest BCUT2D eigenvalue weighted by Gasteiger charge is 2.20. The molecule has 1 aromatic carbocycles. The zero-order valence-electron chi connectivity index (χ0n) is 10.2. The van der Waals surface area contributed by atoms with E-state index in [0.717, 1.165) is 12.7 Å². The minimum atomic E-state index is -4.03. The molecule has 0 saturated heterocycles. The van der Waals surface area contributed by atoms with Gasteiger partial charge < -0.3 is 10.3 Å². The summed E-state index contributed by atoms with van der Waals surface area (Å²) in [4.78, 5) is 20.1. The summed E-state index contributed by atoms with van der Waals surface area (Å²) >= 11 is 0. The number of phosphoric acid groups is 1. The van der Waals surface area contributed by atoms with Crippen LogP contribution >= 0.6 is 7.82 Å². The van der Waals surface area contributed by atoms with Crippen LogP contribution in [-0.4, -0.2) is 23.8 Å². The molecule has 0 aliphatic rings. The lowest BCUT2D eigenvalue weighted by Gasteiger charge is -2.11. The monoisotopic (exact) mass is 273 g/mol. The third kappa shape index (κ3) is 4.58. The van der Waals surface area contributed by atoms with E-state index in [4.69, 9.17) is 15.2 Å². The number of nitrogens with two attached hydrogens (primary N) is 1. The van der Waals surface area contributed by atoms with Gasteiger partial charge in [0.1, 0.15) is 11.5 Å². The molecule has 0 aliphatic carbocycles. The molecule has 0 heterocycles. The van der Waals surface area contributed by atoms with Gasteiger partial charge in [0.2, 0.25) is 0 Å². The second-order valence-electron chi connectivity index (χ2n) is 3.81. The summed E-state index contributed by atoms with van der Waals surface area (Å²) in [6.07, 6.45) is 0.413. The Hall–Kier alpha value is -1.20. The zero-order valence-corrected chi connectivity index (χ0v) is 11.1. The molecule has 0 amide bonds. The summed E-state index contributed by atoms with van der Waals surface area (Å²) in [6, 6.07) is 5.84. The van der Waals surface area contributed by atoms with Gasteiger partial charge in [-0.25, -0.2) is 4.57 Å². The Morgan fingerprint density at radius 1 is 1.44 bits per heavy atom. The summed E-state index contributed by atoms with van der Waals surface area (Å²) in [6.45, 7) is 1.43. The minimum absolute atomic E-state index is 0.0884. The number of carbonyl (C=O) groups is 1. The molecule has 3 N–H and O–H groups in total. The van der Waals surface area contributed by atoms with Crippen LogP contribution in [0.2, 0.25) is 0 Å². The van der Waals surface area contributed by atoms with Crippen molar-refractivity contribution in [3.05, 3.63) is 29.8 Å². The van der Waals surface area contributed by atoms with Crippen molar-refractivity contribution < 1.29 is 23.3 Å². The number of rotatable bonds is 6. The third-order valence-corrected chi connectivity index (χ3v) is 3.26. The molecule has 0 aliphatic heterocycles. The lowest BCUT2D eigenvalue weighted by Crippen LogP contribution is -2.30. The van der Waals surface area contributed by atoms with Gasteiger partial charge in [0.25, 0.3) is 0 Å². The Morgan fingerprint density at radius 3 is 2.44 bits per heavy atom. The first-order chi connectivity index (χ1) is 8.34. The van der Waals surface area contributed by atoms with E-state index in [9.17, 15) is 9.36 Å². The fourth-order valence-corrected chi connectivity index (χ4v) is 1.72. The van der Waals surface area contributed by atoms with Crippen LogP contribution in [-0.2, 0) is 20.3 Å². The van der Waals surface area contributed by atoms with Crippen LogP contribution in [0.5, 0.6) is 5.75 Å². The molecule has 1 unspecified atom stereocenters. The topological polar surface area (TPSA) is 98.8 Å². The second-order valence-corrected chi connectivity index (χ2v) is 5.29. The Balaban J connectivity index is 2.69. The number of hydrogen-bond acceptors (Lipinski definition) is 5. The van der Waals surface area contributed by atoms with Crippen LogP contribution in [0.15, 0.2) is 24.3 Å². The number of phosphoric ester groups is 1. The average Bonchev–Trinajstić information content (AvgIpc) is 2.31. The van der Waals surface area contributed by atoms with Gasteiger partial charge in [-0.1, -0.05) is 12.1 Å². The lowest BCUT2D eigenvalue weighted by atomic mass is 10.0. The number of ketones is 1. The predicted octanol–water partition coefficient (Wildman–Crippen LogP) is 1.27. The Bertz CT molecular complexity index is 459. The number of benzene rings is 1. The van der Waals surface area contributed by atoms with Gasteiger partial charge in [0, 0.05) is 7.11 Å². The maximum Gasteiger partial charge on any atom is 0.527 e. The average molecular weight is 273 g/mol. The molecule has 6 nitrogen and oxygen atoms in total. The molecule has 0 radical (unpaired) electrons. The molecular weight excluding hydrogens is 257 g/mol.